The predicted molar refractivity (Wildman–Crippen MR) is 74.9 cm³/mol. The van der Waals surface area contributed by atoms with Crippen LogP contribution in [0, 0.1) is 10.1 Å². The van der Waals surface area contributed by atoms with Crippen molar-refractivity contribution >= 4 is 5.69 Å². The first kappa shape index (κ1) is 13.2. The molecule has 0 aliphatic rings. The molecule has 0 saturated heterocycles. The third kappa shape index (κ3) is 3.37. The molecule has 1 aromatic heterocycles. The minimum absolute atomic E-state index is 0.0920. The summed E-state index contributed by atoms with van der Waals surface area (Å²) < 4.78 is 0. The van der Waals surface area contributed by atoms with Crippen LogP contribution in [0.3, 0.4) is 0 Å². The van der Waals surface area contributed by atoms with Crippen LogP contribution in [0.15, 0.2) is 42.6 Å². The summed E-state index contributed by atoms with van der Waals surface area (Å²) in [6.45, 7) is 2.16. The molecule has 0 amide bonds. The molecular formula is C15H16N2O2. The van der Waals surface area contributed by atoms with Crippen LogP contribution in [-0.2, 0) is 6.42 Å². The zero-order chi connectivity index (χ0) is 13.7. The van der Waals surface area contributed by atoms with E-state index in [-0.39, 0.29) is 10.6 Å². The van der Waals surface area contributed by atoms with Gasteiger partial charge < -0.3 is 0 Å². The van der Waals surface area contributed by atoms with E-state index >= 15 is 0 Å². The Morgan fingerprint density at radius 3 is 2.74 bits per heavy atom. The van der Waals surface area contributed by atoms with Gasteiger partial charge in [-0.3, -0.25) is 15.1 Å². The molecule has 0 saturated carbocycles. The number of aromatic nitrogens is 1. The average Bonchev–Trinajstić information content (AvgIpc) is 2.46. The molecule has 0 N–H and O–H groups in total. The summed E-state index contributed by atoms with van der Waals surface area (Å²) in [4.78, 5) is 14.7. The standard InChI is InChI=1S/C15H16N2O2/c1-2-3-5-12-8-9-15(16-11-12)13-6-4-7-14(10-13)17(18)19/h4,6-11H,2-3,5H2,1H3. The number of non-ortho nitro benzene ring substituents is 1. The van der Waals surface area contributed by atoms with Crippen LogP contribution in [-0.4, -0.2) is 9.91 Å². The lowest BCUT2D eigenvalue weighted by Crippen LogP contribution is -1.91. The van der Waals surface area contributed by atoms with Gasteiger partial charge in [0.25, 0.3) is 5.69 Å². The molecule has 2 rings (SSSR count). The largest absolute Gasteiger partial charge is 0.270 e. The van der Waals surface area contributed by atoms with Crippen LogP contribution in [0.2, 0.25) is 0 Å². The number of nitrogens with zero attached hydrogens (tertiary/aromatic N) is 2. The molecule has 0 fully saturated rings. The van der Waals surface area contributed by atoms with Crippen LogP contribution in [0.25, 0.3) is 11.3 Å². The Morgan fingerprint density at radius 2 is 2.11 bits per heavy atom. The maximum Gasteiger partial charge on any atom is 0.270 e. The number of hydrogen-bond acceptors (Lipinski definition) is 3. The van der Waals surface area contributed by atoms with Gasteiger partial charge in [0.15, 0.2) is 0 Å². The van der Waals surface area contributed by atoms with Crippen molar-refractivity contribution in [3.8, 4) is 11.3 Å². The van der Waals surface area contributed by atoms with Crippen molar-refractivity contribution in [2.75, 3.05) is 0 Å². The maximum atomic E-state index is 10.7. The number of nitro benzene ring substituents is 1. The first-order valence-corrected chi connectivity index (χ1v) is 6.40. The number of benzene rings is 1. The van der Waals surface area contributed by atoms with Crippen LogP contribution < -0.4 is 0 Å². The molecule has 0 unspecified atom stereocenters. The summed E-state index contributed by atoms with van der Waals surface area (Å²) >= 11 is 0. The lowest BCUT2D eigenvalue weighted by atomic mass is 10.1. The highest BCUT2D eigenvalue weighted by Gasteiger charge is 2.07. The van der Waals surface area contributed by atoms with E-state index in [4.69, 9.17) is 0 Å². The van der Waals surface area contributed by atoms with Crippen molar-refractivity contribution in [3.05, 3.63) is 58.3 Å². The molecule has 0 aliphatic heterocycles. The molecule has 2 aromatic rings. The van der Waals surface area contributed by atoms with Crippen molar-refractivity contribution in [3.63, 3.8) is 0 Å². The third-order valence-electron chi connectivity index (χ3n) is 3.00. The van der Waals surface area contributed by atoms with Crippen molar-refractivity contribution in [2.45, 2.75) is 26.2 Å². The van der Waals surface area contributed by atoms with Crippen LogP contribution in [0.1, 0.15) is 25.3 Å². The predicted octanol–water partition coefficient (Wildman–Crippen LogP) is 4.00. The van der Waals surface area contributed by atoms with Crippen molar-refractivity contribution < 1.29 is 4.92 Å². The van der Waals surface area contributed by atoms with Gasteiger partial charge in [-0.15, -0.1) is 0 Å². The second-order valence-electron chi connectivity index (χ2n) is 4.46. The second kappa shape index (κ2) is 6.09. The molecule has 4 heteroatoms. The number of hydrogen-bond donors (Lipinski definition) is 0. The van der Waals surface area contributed by atoms with E-state index in [1.807, 2.05) is 24.4 Å². The third-order valence-corrected chi connectivity index (χ3v) is 3.00. The lowest BCUT2D eigenvalue weighted by molar-refractivity contribution is -0.384. The Labute approximate surface area is 112 Å². The first-order chi connectivity index (χ1) is 9.20. The zero-order valence-electron chi connectivity index (χ0n) is 10.9. The summed E-state index contributed by atoms with van der Waals surface area (Å²) in [6.07, 6.45) is 5.19. The van der Waals surface area contributed by atoms with Crippen LogP contribution >= 0.6 is 0 Å². The van der Waals surface area contributed by atoms with E-state index in [0.717, 1.165) is 30.5 Å². The fraction of sp³-hybridized carbons (Fsp3) is 0.267. The van der Waals surface area contributed by atoms with E-state index in [2.05, 4.69) is 11.9 Å². The van der Waals surface area contributed by atoms with E-state index in [0.29, 0.717) is 0 Å². The topological polar surface area (TPSA) is 56.0 Å². The monoisotopic (exact) mass is 256 g/mol. The first-order valence-electron chi connectivity index (χ1n) is 6.40. The number of aryl methyl sites for hydroxylation is 1. The Bertz CT molecular complexity index is 565. The number of rotatable bonds is 5. The molecule has 0 spiro atoms. The van der Waals surface area contributed by atoms with Gasteiger partial charge in [0.2, 0.25) is 0 Å². The number of nitro groups is 1. The van der Waals surface area contributed by atoms with Gasteiger partial charge in [0.05, 0.1) is 10.6 Å². The molecule has 0 radical (unpaired) electrons. The zero-order valence-corrected chi connectivity index (χ0v) is 10.9. The van der Waals surface area contributed by atoms with Gasteiger partial charge in [0.1, 0.15) is 0 Å². The van der Waals surface area contributed by atoms with Gasteiger partial charge in [-0.25, -0.2) is 0 Å². The summed E-state index contributed by atoms with van der Waals surface area (Å²) in [5, 5.41) is 10.7. The minimum Gasteiger partial charge on any atom is -0.258 e. The van der Waals surface area contributed by atoms with Crippen molar-refractivity contribution in [1.29, 1.82) is 0 Å². The van der Waals surface area contributed by atoms with E-state index in [9.17, 15) is 10.1 Å². The summed E-state index contributed by atoms with van der Waals surface area (Å²) in [5.41, 5.74) is 2.84. The summed E-state index contributed by atoms with van der Waals surface area (Å²) in [7, 11) is 0. The van der Waals surface area contributed by atoms with Gasteiger partial charge in [-0.05, 0) is 24.5 Å². The lowest BCUT2D eigenvalue weighted by Gasteiger charge is -2.03. The van der Waals surface area contributed by atoms with Crippen LogP contribution in [0.4, 0.5) is 5.69 Å². The molecule has 19 heavy (non-hydrogen) atoms. The fourth-order valence-electron chi connectivity index (χ4n) is 1.90. The number of unbranched alkanes of at least 4 members (excludes halogenated alkanes) is 1. The molecule has 0 aliphatic carbocycles. The summed E-state index contributed by atoms with van der Waals surface area (Å²) in [5.74, 6) is 0. The fourth-order valence-corrected chi connectivity index (χ4v) is 1.90. The maximum absolute atomic E-state index is 10.7. The Hall–Kier alpha value is -2.23. The average molecular weight is 256 g/mol. The molecular weight excluding hydrogens is 240 g/mol. The quantitative estimate of drug-likeness (QED) is 0.600. The Balaban J connectivity index is 2.22. The van der Waals surface area contributed by atoms with E-state index in [1.165, 1.54) is 11.6 Å². The SMILES string of the molecule is CCCCc1ccc(-c2cccc([N+](=O)[O-])c2)nc1. The van der Waals surface area contributed by atoms with Gasteiger partial charge in [0, 0.05) is 23.9 Å². The van der Waals surface area contributed by atoms with E-state index in [1.54, 1.807) is 12.1 Å². The van der Waals surface area contributed by atoms with Gasteiger partial charge in [-0.1, -0.05) is 31.5 Å². The highest BCUT2D eigenvalue weighted by Crippen LogP contribution is 2.22. The minimum atomic E-state index is -0.390. The molecule has 1 heterocycles. The van der Waals surface area contributed by atoms with Crippen LogP contribution in [0.5, 0.6) is 0 Å². The molecule has 98 valence electrons. The summed E-state index contributed by atoms with van der Waals surface area (Å²) in [6, 6.07) is 10.5. The molecule has 4 nitrogen and oxygen atoms in total. The number of pyridine rings is 1. The van der Waals surface area contributed by atoms with E-state index < -0.39 is 0 Å². The van der Waals surface area contributed by atoms with Gasteiger partial charge in [-0.2, -0.15) is 0 Å². The van der Waals surface area contributed by atoms with Gasteiger partial charge >= 0.3 is 0 Å². The van der Waals surface area contributed by atoms with Crippen molar-refractivity contribution in [2.24, 2.45) is 0 Å². The molecule has 0 bridgehead atoms. The highest BCUT2D eigenvalue weighted by molar-refractivity contribution is 5.62. The Morgan fingerprint density at radius 1 is 1.26 bits per heavy atom. The second-order valence-corrected chi connectivity index (χ2v) is 4.46. The Kier molecular flexibility index (Phi) is 4.23. The molecule has 1 aromatic carbocycles. The highest BCUT2D eigenvalue weighted by atomic mass is 16.6. The molecule has 0 atom stereocenters. The van der Waals surface area contributed by atoms with Crippen molar-refractivity contribution in [1.82, 2.24) is 4.98 Å². The normalized spacial score (nSPS) is 10.4. The smallest absolute Gasteiger partial charge is 0.258 e.